The van der Waals surface area contributed by atoms with Crippen LogP contribution < -0.4 is 10.8 Å². The van der Waals surface area contributed by atoms with Gasteiger partial charge in [0, 0.05) is 11.8 Å². The molecule has 3 aliphatic heterocycles. The molecule has 12 heavy (non-hydrogen) atoms. The van der Waals surface area contributed by atoms with Crippen LogP contribution in [-0.2, 0) is 4.84 Å². The van der Waals surface area contributed by atoms with Crippen molar-refractivity contribution in [2.24, 2.45) is 10.9 Å². The molecule has 0 bridgehead atoms. The standard InChI is InChI=1S/C8H7N3O/c1-2-9-8-5(1)6-3-11-12-7(6)4-10-8/h1-5,11H,(H,9,10). The summed E-state index contributed by atoms with van der Waals surface area (Å²) < 4.78 is 0. The van der Waals surface area contributed by atoms with Gasteiger partial charge in [-0.15, -0.1) is 0 Å². The van der Waals surface area contributed by atoms with E-state index in [1.54, 1.807) is 6.20 Å². The second-order valence-corrected chi connectivity index (χ2v) is 2.81. The van der Waals surface area contributed by atoms with Gasteiger partial charge >= 0.3 is 0 Å². The van der Waals surface area contributed by atoms with Crippen molar-refractivity contribution in [2.75, 3.05) is 0 Å². The van der Waals surface area contributed by atoms with Crippen LogP contribution in [0.5, 0.6) is 0 Å². The van der Waals surface area contributed by atoms with E-state index in [0.717, 1.165) is 17.2 Å². The normalized spacial score (nSPS) is 28.7. The zero-order valence-electron chi connectivity index (χ0n) is 6.24. The maximum Gasteiger partial charge on any atom is 0.179 e. The highest BCUT2D eigenvalue weighted by Crippen LogP contribution is 2.30. The van der Waals surface area contributed by atoms with Crippen molar-refractivity contribution in [3.63, 3.8) is 0 Å². The van der Waals surface area contributed by atoms with Crippen molar-refractivity contribution in [1.29, 1.82) is 0 Å². The zero-order chi connectivity index (χ0) is 7.97. The molecule has 4 nitrogen and oxygen atoms in total. The van der Waals surface area contributed by atoms with E-state index in [0.29, 0.717) is 0 Å². The molecule has 4 heteroatoms. The minimum Gasteiger partial charge on any atom is -0.381 e. The first-order valence-corrected chi connectivity index (χ1v) is 3.79. The van der Waals surface area contributed by atoms with Crippen LogP contribution in [0, 0.1) is 5.92 Å². The van der Waals surface area contributed by atoms with E-state index < -0.39 is 0 Å². The lowest BCUT2D eigenvalue weighted by Crippen LogP contribution is -2.23. The molecule has 0 aromatic rings. The number of nitrogens with one attached hydrogen (secondary N) is 2. The number of hydroxylamine groups is 1. The molecule has 1 unspecified atom stereocenters. The molecule has 3 rings (SSSR count). The number of hydrogen-bond donors (Lipinski definition) is 2. The average Bonchev–Trinajstić information content (AvgIpc) is 2.71. The summed E-state index contributed by atoms with van der Waals surface area (Å²) in [5, 5.41) is 3.07. The lowest BCUT2D eigenvalue weighted by Gasteiger charge is -2.14. The fourth-order valence-electron chi connectivity index (χ4n) is 1.54. The van der Waals surface area contributed by atoms with Crippen LogP contribution in [0.15, 0.2) is 41.0 Å². The van der Waals surface area contributed by atoms with Gasteiger partial charge in [-0.2, -0.15) is 0 Å². The predicted octanol–water partition coefficient (Wildman–Crippen LogP) is 0.392. The van der Waals surface area contributed by atoms with Gasteiger partial charge in [-0.05, 0) is 6.20 Å². The quantitative estimate of drug-likeness (QED) is 0.540. The second-order valence-electron chi connectivity index (χ2n) is 2.81. The maximum absolute atomic E-state index is 5.11. The van der Waals surface area contributed by atoms with E-state index in [-0.39, 0.29) is 5.92 Å². The van der Waals surface area contributed by atoms with Gasteiger partial charge in [0.05, 0.1) is 12.1 Å². The number of fused-ring (bicyclic) bond motifs is 3. The van der Waals surface area contributed by atoms with Crippen molar-refractivity contribution >= 4 is 5.84 Å². The van der Waals surface area contributed by atoms with Gasteiger partial charge in [0.1, 0.15) is 5.84 Å². The third-order valence-corrected chi connectivity index (χ3v) is 2.14. The number of nitrogens with zero attached hydrogens (tertiary/aromatic N) is 1. The predicted molar refractivity (Wildman–Crippen MR) is 43.6 cm³/mol. The van der Waals surface area contributed by atoms with Crippen LogP contribution in [0.3, 0.4) is 0 Å². The number of hydrogen-bond acceptors (Lipinski definition) is 4. The molecule has 3 aliphatic rings. The highest BCUT2D eigenvalue weighted by Gasteiger charge is 2.30. The first-order valence-electron chi connectivity index (χ1n) is 3.79. The summed E-state index contributed by atoms with van der Waals surface area (Å²) in [6, 6.07) is 0. The highest BCUT2D eigenvalue weighted by molar-refractivity contribution is 5.94. The Labute approximate surface area is 69.3 Å². The molecule has 60 valence electrons. The summed E-state index contributed by atoms with van der Waals surface area (Å²) >= 11 is 0. The fraction of sp³-hybridized carbons (Fsp3) is 0.125. The number of aliphatic imine (C=N–C) groups is 1. The Balaban J connectivity index is 2.12. The maximum atomic E-state index is 5.11. The summed E-state index contributed by atoms with van der Waals surface area (Å²) in [7, 11) is 0. The van der Waals surface area contributed by atoms with Crippen molar-refractivity contribution < 1.29 is 4.84 Å². The highest BCUT2D eigenvalue weighted by atomic mass is 16.7. The average molecular weight is 161 g/mol. The summed E-state index contributed by atoms with van der Waals surface area (Å²) in [6.45, 7) is 0. The summed E-state index contributed by atoms with van der Waals surface area (Å²) in [6.07, 6.45) is 7.55. The van der Waals surface area contributed by atoms with Gasteiger partial charge < -0.3 is 10.2 Å². The van der Waals surface area contributed by atoms with Crippen LogP contribution in [0.25, 0.3) is 0 Å². The molecule has 3 heterocycles. The molecule has 0 saturated carbocycles. The van der Waals surface area contributed by atoms with Gasteiger partial charge in [0.15, 0.2) is 5.76 Å². The summed E-state index contributed by atoms with van der Waals surface area (Å²) in [5.41, 5.74) is 3.85. The molecule has 0 aliphatic carbocycles. The van der Waals surface area contributed by atoms with Crippen molar-refractivity contribution in [3.05, 3.63) is 36.0 Å². The van der Waals surface area contributed by atoms with Gasteiger partial charge in [0.2, 0.25) is 0 Å². The zero-order valence-corrected chi connectivity index (χ0v) is 6.24. The van der Waals surface area contributed by atoms with Crippen LogP contribution in [0.2, 0.25) is 0 Å². The van der Waals surface area contributed by atoms with Gasteiger partial charge in [-0.25, -0.2) is 10.5 Å². The van der Waals surface area contributed by atoms with Crippen molar-refractivity contribution in [2.45, 2.75) is 0 Å². The van der Waals surface area contributed by atoms with Crippen LogP contribution in [0.1, 0.15) is 0 Å². The summed E-state index contributed by atoms with van der Waals surface area (Å²) in [5.74, 6) is 2.04. The number of allylic oxidation sites excluding steroid dienone is 1. The van der Waals surface area contributed by atoms with E-state index >= 15 is 0 Å². The molecule has 0 amide bonds. The van der Waals surface area contributed by atoms with E-state index in [1.165, 1.54) is 0 Å². The van der Waals surface area contributed by atoms with Gasteiger partial charge in [0.25, 0.3) is 0 Å². The Bertz CT molecular complexity index is 351. The molecular weight excluding hydrogens is 154 g/mol. The Morgan fingerprint density at radius 2 is 2.50 bits per heavy atom. The Kier molecular flexibility index (Phi) is 0.935. The molecule has 1 atom stereocenters. The summed E-state index contributed by atoms with van der Waals surface area (Å²) in [4.78, 5) is 9.32. The van der Waals surface area contributed by atoms with Gasteiger partial charge in [-0.1, -0.05) is 6.08 Å². The minimum atomic E-state index is 0.250. The Morgan fingerprint density at radius 1 is 1.50 bits per heavy atom. The molecule has 0 saturated heterocycles. The smallest absolute Gasteiger partial charge is 0.179 e. The SMILES string of the molecule is C1=CC2C3=CNOC3=CN=C2N1. The molecule has 0 spiro atoms. The van der Waals surface area contributed by atoms with Crippen LogP contribution in [0.4, 0.5) is 0 Å². The monoisotopic (exact) mass is 161 g/mol. The first-order chi connectivity index (χ1) is 5.95. The fourth-order valence-corrected chi connectivity index (χ4v) is 1.54. The Hall–Kier alpha value is -1.71. The third-order valence-electron chi connectivity index (χ3n) is 2.14. The topological polar surface area (TPSA) is 45.6 Å². The lowest BCUT2D eigenvalue weighted by atomic mass is 9.97. The number of amidine groups is 1. The first kappa shape index (κ1) is 5.88. The van der Waals surface area contributed by atoms with Crippen LogP contribution in [-0.4, -0.2) is 5.84 Å². The molecule has 0 radical (unpaired) electrons. The molecular formula is C8H7N3O. The van der Waals surface area contributed by atoms with Crippen molar-refractivity contribution in [1.82, 2.24) is 10.8 Å². The second kappa shape index (κ2) is 1.91. The van der Waals surface area contributed by atoms with E-state index in [4.69, 9.17) is 4.84 Å². The lowest BCUT2D eigenvalue weighted by molar-refractivity contribution is 0.168. The van der Waals surface area contributed by atoms with E-state index in [9.17, 15) is 0 Å². The minimum absolute atomic E-state index is 0.250. The molecule has 0 aromatic carbocycles. The third kappa shape index (κ3) is 0.592. The largest absolute Gasteiger partial charge is 0.381 e. The van der Waals surface area contributed by atoms with E-state index in [2.05, 4.69) is 21.9 Å². The molecule has 0 aromatic heterocycles. The Morgan fingerprint density at radius 3 is 3.50 bits per heavy atom. The van der Waals surface area contributed by atoms with Crippen molar-refractivity contribution in [3.8, 4) is 0 Å². The van der Waals surface area contributed by atoms with Gasteiger partial charge in [-0.3, -0.25) is 0 Å². The molecule has 2 N–H and O–H groups in total. The molecule has 0 fully saturated rings. The number of rotatable bonds is 0. The van der Waals surface area contributed by atoms with Crippen LogP contribution >= 0.6 is 0 Å². The van der Waals surface area contributed by atoms with E-state index in [1.807, 2.05) is 12.4 Å².